The Morgan fingerprint density at radius 2 is 1.72 bits per heavy atom. The summed E-state index contributed by atoms with van der Waals surface area (Å²) in [6, 6.07) is 23.6. The summed E-state index contributed by atoms with van der Waals surface area (Å²) in [7, 11) is 0. The molecule has 0 bridgehead atoms. The van der Waals surface area contributed by atoms with Gasteiger partial charge in [0.1, 0.15) is 17.9 Å². The van der Waals surface area contributed by atoms with E-state index in [1.54, 1.807) is 12.5 Å². The van der Waals surface area contributed by atoms with Gasteiger partial charge in [-0.1, -0.05) is 36.4 Å². The number of hydrogen-bond acceptors (Lipinski definition) is 5. The fourth-order valence-electron chi connectivity index (χ4n) is 3.21. The summed E-state index contributed by atoms with van der Waals surface area (Å²) in [4.78, 5) is 4.65. The van der Waals surface area contributed by atoms with Crippen LogP contribution in [0.2, 0.25) is 0 Å². The Kier molecular flexibility index (Phi) is 4.26. The molecule has 5 heteroatoms. The molecule has 29 heavy (non-hydrogen) atoms. The van der Waals surface area contributed by atoms with Crippen LogP contribution in [0.15, 0.2) is 94.2 Å². The quantitative estimate of drug-likeness (QED) is 0.382. The molecule has 0 atom stereocenters. The molecule has 0 spiro atoms. The summed E-state index contributed by atoms with van der Waals surface area (Å²) in [5.74, 6) is 1.13. The van der Waals surface area contributed by atoms with Crippen molar-refractivity contribution in [1.82, 2.24) is 4.98 Å². The SMILES string of the molecule is Nc1cc(-c2nc3cc(-c4ccccc4)ccc3o2)ccc1OCc1ccoc1. The Hall–Kier alpha value is -3.99. The molecule has 0 fully saturated rings. The number of oxazole rings is 1. The van der Waals surface area contributed by atoms with Crippen molar-refractivity contribution in [2.45, 2.75) is 6.61 Å². The van der Waals surface area contributed by atoms with Gasteiger partial charge < -0.3 is 19.3 Å². The van der Waals surface area contributed by atoms with Crippen LogP contribution in [0.1, 0.15) is 5.56 Å². The zero-order chi connectivity index (χ0) is 19.6. The highest BCUT2D eigenvalue weighted by molar-refractivity contribution is 5.82. The second kappa shape index (κ2) is 7.20. The van der Waals surface area contributed by atoms with Crippen molar-refractivity contribution in [2.24, 2.45) is 0 Å². The maximum absolute atomic E-state index is 6.17. The van der Waals surface area contributed by atoms with Crippen LogP contribution in [0.25, 0.3) is 33.7 Å². The monoisotopic (exact) mass is 382 g/mol. The number of nitrogen functional groups attached to an aromatic ring is 1. The van der Waals surface area contributed by atoms with E-state index in [1.165, 1.54) is 0 Å². The first-order valence-corrected chi connectivity index (χ1v) is 9.26. The summed E-state index contributed by atoms with van der Waals surface area (Å²) < 4.78 is 16.7. The first kappa shape index (κ1) is 17.1. The molecule has 2 aromatic heterocycles. The molecular weight excluding hydrogens is 364 g/mol. The topological polar surface area (TPSA) is 74.4 Å². The molecule has 5 nitrogen and oxygen atoms in total. The van der Waals surface area contributed by atoms with Gasteiger partial charge in [0.05, 0.1) is 18.2 Å². The van der Waals surface area contributed by atoms with Crippen molar-refractivity contribution in [3.8, 4) is 28.3 Å². The molecule has 2 heterocycles. The Labute approximate surface area is 167 Å². The molecule has 0 amide bonds. The first-order valence-electron chi connectivity index (χ1n) is 9.26. The van der Waals surface area contributed by atoms with Crippen LogP contribution in [0, 0.1) is 0 Å². The number of ether oxygens (including phenoxy) is 1. The van der Waals surface area contributed by atoms with Crippen molar-refractivity contribution in [2.75, 3.05) is 5.73 Å². The summed E-state index contributed by atoms with van der Waals surface area (Å²) in [5.41, 5.74) is 12.2. The van der Waals surface area contributed by atoms with E-state index >= 15 is 0 Å². The maximum Gasteiger partial charge on any atom is 0.227 e. The van der Waals surface area contributed by atoms with Gasteiger partial charge in [0.2, 0.25) is 5.89 Å². The molecule has 0 unspecified atom stereocenters. The molecule has 0 saturated heterocycles. The largest absolute Gasteiger partial charge is 0.487 e. The van der Waals surface area contributed by atoms with E-state index in [0.29, 0.717) is 23.9 Å². The smallest absolute Gasteiger partial charge is 0.227 e. The van der Waals surface area contributed by atoms with Gasteiger partial charge in [-0.25, -0.2) is 4.98 Å². The number of aromatic nitrogens is 1. The lowest BCUT2D eigenvalue weighted by Gasteiger charge is -2.08. The van der Waals surface area contributed by atoms with Crippen molar-refractivity contribution in [1.29, 1.82) is 0 Å². The van der Waals surface area contributed by atoms with Crippen LogP contribution in [0.4, 0.5) is 5.69 Å². The van der Waals surface area contributed by atoms with Crippen molar-refractivity contribution in [3.05, 3.63) is 90.9 Å². The minimum atomic E-state index is 0.394. The summed E-state index contributed by atoms with van der Waals surface area (Å²) in [6.45, 7) is 0.394. The Morgan fingerprint density at radius 3 is 2.52 bits per heavy atom. The van der Waals surface area contributed by atoms with Crippen LogP contribution in [0.5, 0.6) is 5.75 Å². The van der Waals surface area contributed by atoms with Gasteiger partial charge in [-0.15, -0.1) is 0 Å². The van der Waals surface area contributed by atoms with E-state index in [-0.39, 0.29) is 0 Å². The molecule has 0 aliphatic heterocycles. The van der Waals surface area contributed by atoms with Crippen LogP contribution in [0.3, 0.4) is 0 Å². The van der Waals surface area contributed by atoms with Crippen molar-refractivity contribution >= 4 is 16.8 Å². The molecule has 142 valence electrons. The van der Waals surface area contributed by atoms with Gasteiger partial charge in [0, 0.05) is 11.1 Å². The zero-order valence-corrected chi connectivity index (χ0v) is 15.5. The second-order valence-corrected chi connectivity index (χ2v) is 6.74. The molecule has 0 aliphatic rings. The summed E-state index contributed by atoms with van der Waals surface area (Å²) in [5, 5.41) is 0. The highest BCUT2D eigenvalue weighted by Gasteiger charge is 2.12. The third kappa shape index (κ3) is 3.46. The van der Waals surface area contributed by atoms with E-state index in [2.05, 4.69) is 17.1 Å². The minimum Gasteiger partial charge on any atom is -0.487 e. The normalized spacial score (nSPS) is 11.0. The Bertz CT molecular complexity index is 1260. The number of anilines is 1. The fourth-order valence-corrected chi connectivity index (χ4v) is 3.21. The minimum absolute atomic E-state index is 0.394. The van der Waals surface area contributed by atoms with Crippen LogP contribution in [-0.2, 0) is 6.61 Å². The number of fused-ring (bicyclic) bond motifs is 1. The van der Waals surface area contributed by atoms with Gasteiger partial charge in [-0.3, -0.25) is 0 Å². The number of nitrogens with two attached hydrogens (primary N) is 1. The molecule has 3 aromatic carbocycles. The number of rotatable bonds is 5. The summed E-state index contributed by atoms with van der Waals surface area (Å²) in [6.07, 6.45) is 3.26. The van der Waals surface area contributed by atoms with E-state index in [1.807, 2.05) is 60.7 Å². The third-order valence-corrected chi connectivity index (χ3v) is 4.73. The molecule has 0 saturated carbocycles. The predicted molar refractivity (Wildman–Crippen MR) is 112 cm³/mol. The molecule has 2 N–H and O–H groups in total. The first-order chi connectivity index (χ1) is 14.3. The lowest BCUT2D eigenvalue weighted by Crippen LogP contribution is -1.98. The third-order valence-electron chi connectivity index (χ3n) is 4.73. The van der Waals surface area contributed by atoms with Gasteiger partial charge in [0.15, 0.2) is 5.58 Å². The molecule has 5 rings (SSSR count). The van der Waals surface area contributed by atoms with Crippen molar-refractivity contribution < 1.29 is 13.6 Å². The Balaban J connectivity index is 1.42. The standard InChI is InChI=1S/C24H18N2O3/c25-20-12-19(7-8-22(20)28-15-16-10-11-27-14-16)24-26-21-13-18(6-9-23(21)29-24)17-4-2-1-3-5-17/h1-14H,15,25H2. The van der Waals surface area contributed by atoms with E-state index in [0.717, 1.165) is 33.4 Å². The van der Waals surface area contributed by atoms with Crippen LogP contribution < -0.4 is 10.5 Å². The lowest BCUT2D eigenvalue weighted by atomic mass is 10.1. The maximum atomic E-state index is 6.17. The van der Waals surface area contributed by atoms with E-state index in [9.17, 15) is 0 Å². The fraction of sp³-hybridized carbons (Fsp3) is 0.0417. The second-order valence-electron chi connectivity index (χ2n) is 6.74. The Morgan fingerprint density at radius 1 is 0.862 bits per heavy atom. The lowest BCUT2D eigenvalue weighted by molar-refractivity contribution is 0.306. The molecule has 5 aromatic rings. The van der Waals surface area contributed by atoms with E-state index < -0.39 is 0 Å². The predicted octanol–water partition coefficient (Wildman–Crippen LogP) is 5.92. The highest BCUT2D eigenvalue weighted by Crippen LogP contribution is 2.32. The average Bonchev–Trinajstić information content (AvgIpc) is 3.42. The van der Waals surface area contributed by atoms with Gasteiger partial charge in [0.25, 0.3) is 0 Å². The molecule has 0 radical (unpaired) electrons. The number of hydrogen-bond donors (Lipinski definition) is 1. The van der Waals surface area contributed by atoms with Crippen LogP contribution in [-0.4, -0.2) is 4.98 Å². The highest BCUT2D eigenvalue weighted by atomic mass is 16.5. The number of furan rings is 1. The van der Waals surface area contributed by atoms with Crippen molar-refractivity contribution in [3.63, 3.8) is 0 Å². The summed E-state index contributed by atoms with van der Waals surface area (Å²) >= 11 is 0. The number of nitrogens with zero attached hydrogens (tertiary/aromatic N) is 1. The van der Waals surface area contributed by atoms with E-state index in [4.69, 9.17) is 19.3 Å². The van der Waals surface area contributed by atoms with Gasteiger partial charge in [-0.05, 0) is 47.5 Å². The molecular formula is C24H18N2O3. The van der Waals surface area contributed by atoms with Gasteiger partial charge in [-0.2, -0.15) is 0 Å². The van der Waals surface area contributed by atoms with Gasteiger partial charge >= 0.3 is 0 Å². The molecule has 0 aliphatic carbocycles. The van der Waals surface area contributed by atoms with Crippen LogP contribution >= 0.6 is 0 Å². The average molecular weight is 382 g/mol. The number of benzene rings is 3. The zero-order valence-electron chi connectivity index (χ0n) is 15.5.